The summed E-state index contributed by atoms with van der Waals surface area (Å²) in [5, 5.41) is 16.8. The average molecular weight is 937 g/mol. The van der Waals surface area contributed by atoms with E-state index in [1.165, 1.54) is 22.9 Å². The van der Waals surface area contributed by atoms with Gasteiger partial charge in [-0.2, -0.15) is 5.26 Å². The Labute approximate surface area is 401 Å². The van der Waals surface area contributed by atoms with Gasteiger partial charge < -0.3 is 20.1 Å². The molecule has 0 atom stereocenters. The van der Waals surface area contributed by atoms with Crippen molar-refractivity contribution in [3.63, 3.8) is 0 Å². The molecule has 65 heavy (non-hydrogen) atoms. The Morgan fingerprint density at radius 1 is 0.646 bits per heavy atom. The van der Waals surface area contributed by atoms with E-state index in [1.807, 2.05) is 81.6 Å². The van der Waals surface area contributed by atoms with Gasteiger partial charge in [-0.25, -0.2) is 8.42 Å². The molecule has 0 aromatic heterocycles. The molecule has 6 aromatic carbocycles. The molecule has 0 saturated heterocycles. The number of hydrogen-bond acceptors (Lipinski definition) is 7. The van der Waals surface area contributed by atoms with Gasteiger partial charge in [0.2, 0.25) is 0 Å². The minimum atomic E-state index is -3.19. The zero-order valence-corrected chi connectivity index (χ0v) is 41.5. The summed E-state index contributed by atoms with van der Waals surface area (Å²) < 4.78 is 51.5. The third-order valence-electron chi connectivity index (χ3n) is 9.88. The van der Waals surface area contributed by atoms with Crippen LogP contribution < -0.4 is 20.1 Å². The predicted molar refractivity (Wildman–Crippen MR) is 272 cm³/mol. The van der Waals surface area contributed by atoms with Crippen LogP contribution >= 0.6 is 23.2 Å². The van der Waals surface area contributed by atoms with Crippen LogP contribution in [0, 0.1) is 36.0 Å². The molecule has 0 fully saturated rings. The molecule has 2 N–H and O–H groups in total. The zero-order valence-electron chi connectivity index (χ0n) is 41.1. The molecule has 0 bridgehead atoms. The lowest BCUT2D eigenvalue weighted by molar-refractivity contribution is 0.301. The van der Waals surface area contributed by atoms with Crippen LogP contribution in [-0.4, -0.2) is 21.7 Å². The lowest BCUT2D eigenvalue weighted by Crippen LogP contribution is -2.04. The summed E-state index contributed by atoms with van der Waals surface area (Å²) in [6.45, 7) is 16.0. The molecule has 10 heteroatoms. The largest absolute Gasteiger partial charge is 0.489 e. The van der Waals surface area contributed by atoms with Gasteiger partial charge in [-0.3, -0.25) is 0 Å². The maximum atomic E-state index is 11.5. The van der Waals surface area contributed by atoms with E-state index in [2.05, 4.69) is 75.6 Å². The van der Waals surface area contributed by atoms with E-state index in [9.17, 15) is 8.42 Å². The highest BCUT2D eigenvalue weighted by molar-refractivity contribution is 7.90. The number of nitriles is 1. The Bertz CT molecular complexity index is 2650. The van der Waals surface area contributed by atoms with Crippen molar-refractivity contribution in [3.8, 4) is 17.6 Å². The number of sulfone groups is 1. The fourth-order valence-corrected chi connectivity index (χ4v) is 7.60. The molecule has 0 saturated carbocycles. The van der Waals surface area contributed by atoms with Crippen LogP contribution in [-0.2, 0) is 48.8 Å². The topological polar surface area (TPSA) is 100 Å². The Morgan fingerprint density at radius 3 is 1.65 bits per heavy atom. The minimum Gasteiger partial charge on any atom is -0.489 e. The number of hydrogen-bond donors (Lipinski definition) is 2. The van der Waals surface area contributed by atoms with Crippen molar-refractivity contribution in [2.24, 2.45) is 17.8 Å². The van der Waals surface area contributed by atoms with Crippen molar-refractivity contribution in [3.05, 3.63) is 182 Å². The molecule has 0 amide bonds. The zero-order chi connectivity index (χ0) is 49.3. The number of aryl methyl sites for hydroxylation is 1. The van der Waals surface area contributed by atoms with Gasteiger partial charge in [0.25, 0.3) is 0 Å². The lowest BCUT2D eigenvalue weighted by Gasteiger charge is -2.14. The standard InChI is InChI=1S/C19H21NO3S.C18H23ClN2.C18H21ClO/c1-14(2)10-17-11-16(12-20)6-9-19(17)23-13-15-4-7-18(8-5-15)24(3,21)22;1-13(2)10-15-11-16(19)6-9-18(15)21-12-14-4-7-17(20-3)8-5-14;1-13(2)10-16-11-17(19)8-9-18(16)20-12-15-6-4-14(3)5-7-15/h4-9,11,14H,10,13H2,1-3H3;4-9,11,13,20-21H,10,12H2,1-3H3;4-9,11,13H,10,12H2,1-3H3/i;10D2;. The number of rotatable bonds is 17. The van der Waals surface area contributed by atoms with Gasteiger partial charge in [-0.1, -0.05) is 119 Å². The molecular weight excluding hydrogens is 870 g/mol. The molecule has 6 aromatic rings. The number of benzene rings is 6. The van der Waals surface area contributed by atoms with Gasteiger partial charge in [0, 0.05) is 44.0 Å². The lowest BCUT2D eigenvalue weighted by atomic mass is 10.0. The van der Waals surface area contributed by atoms with Crippen molar-refractivity contribution in [1.82, 2.24) is 0 Å². The number of anilines is 2. The van der Waals surface area contributed by atoms with E-state index >= 15 is 0 Å². The molecular formula is C55H65Cl2N3O4S. The minimum absolute atomic E-state index is 0.142. The summed E-state index contributed by atoms with van der Waals surface area (Å²) in [6, 6.07) is 42.0. The van der Waals surface area contributed by atoms with Crippen molar-refractivity contribution in [2.45, 2.75) is 92.3 Å². The summed E-state index contributed by atoms with van der Waals surface area (Å²) in [5.41, 5.74) is 9.74. The van der Waals surface area contributed by atoms with Crippen LogP contribution in [0.2, 0.25) is 10.0 Å². The van der Waals surface area contributed by atoms with Crippen LogP contribution in [0.5, 0.6) is 11.5 Å². The van der Waals surface area contributed by atoms with Crippen LogP contribution in [0.4, 0.5) is 11.4 Å². The van der Waals surface area contributed by atoms with Crippen LogP contribution in [0.3, 0.4) is 0 Å². The van der Waals surface area contributed by atoms with E-state index in [0.29, 0.717) is 52.6 Å². The first-order chi connectivity index (χ1) is 31.7. The molecule has 0 heterocycles. The van der Waals surface area contributed by atoms with E-state index in [4.69, 9.17) is 40.7 Å². The Morgan fingerprint density at radius 2 is 1.14 bits per heavy atom. The maximum absolute atomic E-state index is 11.5. The highest BCUT2D eigenvalue weighted by Crippen LogP contribution is 2.28. The van der Waals surface area contributed by atoms with Crippen molar-refractivity contribution >= 4 is 44.4 Å². The first-order valence-corrected chi connectivity index (χ1v) is 24.5. The van der Waals surface area contributed by atoms with Gasteiger partial charge in [0.15, 0.2) is 9.84 Å². The second kappa shape index (κ2) is 25.9. The normalized spacial score (nSPS) is 11.6. The molecule has 6 rings (SSSR count). The van der Waals surface area contributed by atoms with E-state index in [0.717, 1.165) is 57.4 Å². The van der Waals surface area contributed by atoms with Gasteiger partial charge in [-0.15, -0.1) is 0 Å². The molecule has 344 valence electrons. The molecule has 0 aliphatic carbocycles. The molecule has 0 spiro atoms. The van der Waals surface area contributed by atoms with Crippen LogP contribution in [0.15, 0.2) is 132 Å². The second-order valence-electron chi connectivity index (χ2n) is 17.2. The number of nitrogens with zero attached hydrogens (tertiary/aromatic N) is 1. The summed E-state index contributed by atoms with van der Waals surface area (Å²) in [4.78, 5) is 0.296. The summed E-state index contributed by atoms with van der Waals surface area (Å²) in [6.07, 6.45) is 1.55. The van der Waals surface area contributed by atoms with E-state index < -0.39 is 16.2 Å². The molecule has 0 aliphatic heterocycles. The Balaban J connectivity index is 0.000000220. The molecule has 0 aliphatic rings. The summed E-state index contributed by atoms with van der Waals surface area (Å²) >= 11 is 12.2. The van der Waals surface area contributed by atoms with E-state index in [-0.39, 0.29) is 5.92 Å². The number of ether oxygens (including phenoxy) is 2. The van der Waals surface area contributed by atoms with Crippen molar-refractivity contribution in [2.75, 3.05) is 23.9 Å². The maximum Gasteiger partial charge on any atom is 0.175 e. The Kier molecular flexibility index (Phi) is 19.5. The fourth-order valence-electron chi connectivity index (χ4n) is 6.60. The Hall–Kier alpha value is -5.46. The molecule has 0 unspecified atom stereocenters. The highest BCUT2D eigenvalue weighted by atomic mass is 35.5. The average Bonchev–Trinajstić information content (AvgIpc) is 3.28. The predicted octanol–water partition coefficient (Wildman–Crippen LogP) is 14.4. The third kappa shape index (κ3) is 18.5. The number of halogens is 2. The van der Waals surface area contributed by atoms with Crippen LogP contribution in [0.25, 0.3) is 0 Å². The first-order valence-electron chi connectivity index (χ1n) is 22.9. The molecule has 0 radical (unpaired) electrons. The fraction of sp³-hybridized carbons (Fsp3) is 0.327. The monoisotopic (exact) mass is 935 g/mol. The molecule has 7 nitrogen and oxygen atoms in total. The van der Waals surface area contributed by atoms with Crippen molar-refractivity contribution in [1.29, 1.82) is 5.26 Å². The summed E-state index contributed by atoms with van der Waals surface area (Å²) in [5.74, 6) is 2.58. The smallest absolute Gasteiger partial charge is 0.175 e. The van der Waals surface area contributed by atoms with Gasteiger partial charge in [0.05, 0.1) is 16.5 Å². The third-order valence-corrected chi connectivity index (χ3v) is 11.5. The van der Waals surface area contributed by atoms with Crippen LogP contribution in [0.1, 0.15) is 88.8 Å². The second-order valence-corrected chi connectivity index (χ2v) is 20.0. The van der Waals surface area contributed by atoms with E-state index in [1.54, 1.807) is 42.5 Å². The summed E-state index contributed by atoms with van der Waals surface area (Å²) in [7, 11) is -1.30. The highest BCUT2D eigenvalue weighted by Gasteiger charge is 2.11. The number of nitrogens with one attached hydrogen (secondary N) is 2. The quantitative estimate of drug-likeness (QED) is 0.0939. The van der Waals surface area contributed by atoms with Gasteiger partial charge >= 0.3 is 0 Å². The first kappa shape index (κ1) is 49.0. The van der Waals surface area contributed by atoms with Gasteiger partial charge in [0.1, 0.15) is 24.7 Å². The SMILES string of the molecule is CC(C)Cc1cc(C#N)ccc1OCc1ccc(S(C)(=O)=O)cc1.Cc1ccc(COc2ccc(Cl)cc2CC(C)C)cc1.[2H]C([2H])(c1cc(Cl)ccc1NCc1ccc(NC)cc1)C(C)C. The van der Waals surface area contributed by atoms with Gasteiger partial charge in [-0.05, 0) is 156 Å². The van der Waals surface area contributed by atoms with Crippen molar-refractivity contribution < 1.29 is 20.6 Å².